The normalized spacial score (nSPS) is 15.9. The van der Waals surface area contributed by atoms with E-state index in [0.29, 0.717) is 17.0 Å². The average Bonchev–Trinajstić information content (AvgIpc) is 3.10. The molecule has 1 aliphatic rings. The van der Waals surface area contributed by atoms with Gasteiger partial charge in [0.1, 0.15) is 0 Å². The first kappa shape index (κ1) is 19.6. The minimum atomic E-state index is -0.525. The molecular weight excluding hydrogens is 384 g/mol. The average molecular weight is 406 g/mol. The predicted molar refractivity (Wildman–Crippen MR) is 114 cm³/mol. The molecule has 4 rings (SSSR count). The number of aromatic amines is 1. The number of carbonyl (C=O) groups excluding carboxylic acids is 1. The Morgan fingerprint density at radius 1 is 1.33 bits per heavy atom. The molecule has 0 saturated carbocycles. The molecule has 1 heterocycles. The second kappa shape index (κ2) is 7.98. The van der Waals surface area contributed by atoms with E-state index in [1.807, 2.05) is 12.1 Å². The van der Waals surface area contributed by atoms with Crippen LogP contribution in [0.15, 0.2) is 41.5 Å². The number of ether oxygens (including phenoxy) is 1. The Kier molecular flexibility index (Phi) is 5.22. The van der Waals surface area contributed by atoms with E-state index in [1.165, 1.54) is 43.1 Å². The number of hydrogen-bond donors (Lipinski definition) is 2. The number of benzene rings is 2. The quantitative estimate of drug-likeness (QED) is 0.379. The topological polar surface area (TPSA) is 110 Å². The van der Waals surface area contributed by atoms with Gasteiger partial charge in [0.25, 0.3) is 5.91 Å². The highest BCUT2D eigenvalue weighted by atomic mass is 16.6. The third-order valence-corrected chi connectivity index (χ3v) is 5.48. The van der Waals surface area contributed by atoms with Crippen molar-refractivity contribution in [3.8, 4) is 5.75 Å². The second-order valence-electron chi connectivity index (χ2n) is 7.58. The van der Waals surface area contributed by atoms with E-state index in [0.717, 1.165) is 23.7 Å². The molecule has 0 spiro atoms. The van der Waals surface area contributed by atoms with Crippen LogP contribution in [0.2, 0.25) is 0 Å². The smallest absolute Gasteiger partial charge is 0.311 e. The first-order valence-electron chi connectivity index (χ1n) is 9.75. The van der Waals surface area contributed by atoms with Gasteiger partial charge in [-0.1, -0.05) is 6.92 Å². The highest BCUT2D eigenvalue weighted by Gasteiger charge is 2.20. The number of rotatable bonds is 5. The Morgan fingerprint density at radius 2 is 2.17 bits per heavy atom. The number of nitro groups is 1. The minimum absolute atomic E-state index is 0.162. The molecular formula is C22H22N4O4. The predicted octanol–water partition coefficient (Wildman–Crippen LogP) is 3.97. The van der Waals surface area contributed by atoms with Crippen molar-refractivity contribution in [2.45, 2.75) is 26.2 Å². The van der Waals surface area contributed by atoms with Crippen LogP contribution in [0.3, 0.4) is 0 Å². The van der Waals surface area contributed by atoms with Crippen LogP contribution >= 0.6 is 0 Å². The zero-order valence-electron chi connectivity index (χ0n) is 16.8. The standard InChI is InChI=1S/C22H22N4O4/c1-13-3-6-18-16(9-13)17-11-15(5-7-19(17)24-18)22(27)25-23-12-14-4-8-21(30-2)20(10-14)26(28)29/h4-5,7-8,10-13,24H,3,6,9H2,1-2H3,(H,25,27)/b23-12-. The van der Waals surface area contributed by atoms with Crippen LogP contribution in [0.1, 0.15) is 40.5 Å². The van der Waals surface area contributed by atoms with Crippen molar-refractivity contribution in [3.63, 3.8) is 0 Å². The molecule has 8 heteroatoms. The lowest BCUT2D eigenvalue weighted by atomic mass is 9.87. The molecule has 0 aliphatic heterocycles. The number of fused-ring (bicyclic) bond motifs is 3. The Labute approximate surface area is 173 Å². The third kappa shape index (κ3) is 3.76. The molecule has 1 aliphatic carbocycles. The van der Waals surface area contributed by atoms with Crippen LogP contribution in [0.5, 0.6) is 5.75 Å². The molecule has 2 aromatic carbocycles. The summed E-state index contributed by atoms with van der Waals surface area (Å²) in [5, 5.41) is 16.1. The Hall–Kier alpha value is -3.68. The molecule has 0 bridgehead atoms. The number of aromatic nitrogens is 1. The molecule has 30 heavy (non-hydrogen) atoms. The van der Waals surface area contributed by atoms with Gasteiger partial charge in [-0.2, -0.15) is 5.10 Å². The maximum Gasteiger partial charge on any atom is 0.311 e. The summed E-state index contributed by atoms with van der Waals surface area (Å²) in [7, 11) is 1.37. The highest BCUT2D eigenvalue weighted by Crippen LogP contribution is 2.32. The van der Waals surface area contributed by atoms with Gasteiger partial charge in [0.2, 0.25) is 0 Å². The summed E-state index contributed by atoms with van der Waals surface area (Å²) in [6.07, 6.45) is 4.58. The van der Waals surface area contributed by atoms with E-state index in [-0.39, 0.29) is 17.3 Å². The largest absolute Gasteiger partial charge is 0.490 e. The first-order chi connectivity index (χ1) is 14.5. The van der Waals surface area contributed by atoms with Gasteiger partial charge in [0.15, 0.2) is 5.75 Å². The van der Waals surface area contributed by atoms with E-state index in [4.69, 9.17) is 4.74 Å². The van der Waals surface area contributed by atoms with Crippen molar-refractivity contribution in [3.05, 3.63) is 68.9 Å². The van der Waals surface area contributed by atoms with Crippen molar-refractivity contribution in [2.75, 3.05) is 7.11 Å². The number of nitrogens with zero attached hydrogens (tertiary/aromatic N) is 2. The van der Waals surface area contributed by atoms with Crippen molar-refractivity contribution >= 4 is 28.7 Å². The SMILES string of the molecule is COc1ccc(/C=N\NC(=O)c2ccc3[nH]c4c(c3c2)CC(C)CC4)cc1[N+](=O)[O-]. The summed E-state index contributed by atoms with van der Waals surface area (Å²) in [6.45, 7) is 2.25. The van der Waals surface area contributed by atoms with Gasteiger partial charge in [-0.3, -0.25) is 14.9 Å². The number of carbonyl (C=O) groups is 1. The molecule has 1 atom stereocenters. The molecule has 0 saturated heterocycles. The van der Waals surface area contributed by atoms with E-state index < -0.39 is 4.92 Å². The number of nitrogens with one attached hydrogen (secondary N) is 2. The number of methoxy groups -OCH3 is 1. The number of amides is 1. The molecule has 0 radical (unpaired) electrons. The van der Waals surface area contributed by atoms with Crippen LogP contribution in [-0.2, 0) is 12.8 Å². The molecule has 3 aromatic rings. The Balaban J connectivity index is 1.52. The summed E-state index contributed by atoms with van der Waals surface area (Å²) >= 11 is 0. The molecule has 1 amide bonds. The summed E-state index contributed by atoms with van der Waals surface area (Å²) in [5.41, 5.74) is 6.92. The Bertz CT molecular complexity index is 1170. The number of H-pyrrole nitrogens is 1. The number of hydrogen-bond acceptors (Lipinski definition) is 5. The van der Waals surface area contributed by atoms with Gasteiger partial charge >= 0.3 is 5.69 Å². The van der Waals surface area contributed by atoms with E-state index in [1.54, 1.807) is 12.1 Å². The second-order valence-corrected chi connectivity index (χ2v) is 7.58. The Morgan fingerprint density at radius 3 is 2.93 bits per heavy atom. The van der Waals surface area contributed by atoms with Crippen LogP contribution < -0.4 is 10.2 Å². The molecule has 1 unspecified atom stereocenters. The minimum Gasteiger partial charge on any atom is -0.490 e. The fourth-order valence-electron chi connectivity index (χ4n) is 3.89. The number of nitro benzene ring substituents is 1. The maximum absolute atomic E-state index is 12.5. The number of hydrazone groups is 1. The highest BCUT2D eigenvalue weighted by molar-refractivity contribution is 5.99. The summed E-state index contributed by atoms with van der Waals surface area (Å²) in [4.78, 5) is 26.6. The maximum atomic E-state index is 12.5. The van der Waals surface area contributed by atoms with E-state index in [9.17, 15) is 14.9 Å². The van der Waals surface area contributed by atoms with Crippen LogP contribution in [0, 0.1) is 16.0 Å². The monoisotopic (exact) mass is 406 g/mol. The molecule has 0 fully saturated rings. The molecule has 8 nitrogen and oxygen atoms in total. The third-order valence-electron chi connectivity index (χ3n) is 5.48. The van der Waals surface area contributed by atoms with Crippen molar-refractivity contribution in [2.24, 2.45) is 11.0 Å². The van der Waals surface area contributed by atoms with Gasteiger partial charge in [0, 0.05) is 33.8 Å². The first-order valence-corrected chi connectivity index (χ1v) is 9.75. The van der Waals surface area contributed by atoms with Crippen molar-refractivity contribution < 1.29 is 14.5 Å². The zero-order valence-corrected chi connectivity index (χ0v) is 16.8. The molecule has 1 aromatic heterocycles. The molecule has 154 valence electrons. The fraction of sp³-hybridized carbons (Fsp3) is 0.273. The zero-order chi connectivity index (χ0) is 21.3. The van der Waals surface area contributed by atoms with E-state index in [2.05, 4.69) is 22.4 Å². The van der Waals surface area contributed by atoms with Gasteiger partial charge in [-0.05, 0) is 61.1 Å². The van der Waals surface area contributed by atoms with Gasteiger partial charge < -0.3 is 9.72 Å². The summed E-state index contributed by atoms with van der Waals surface area (Å²) in [5.74, 6) is 0.459. The number of aryl methyl sites for hydroxylation is 1. The van der Waals surface area contributed by atoms with Crippen molar-refractivity contribution in [1.82, 2.24) is 10.4 Å². The van der Waals surface area contributed by atoms with Gasteiger partial charge in [0.05, 0.1) is 18.2 Å². The van der Waals surface area contributed by atoms with Crippen LogP contribution in [0.25, 0.3) is 10.9 Å². The van der Waals surface area contributed by atoms with Crippen LogP contribution in [-0.4, -0.2) is 29.1 Å². The van der Waals surface area contributed by atoms with Crippen LogP contribution in [0.4, 0.5) is 5.69 Å². The van der Waals surface area contributed by atoms with E-state index >= 15 is 0 Å². The summed E-state index contributed by atoms with van der Waals surface area (Å²) in [6, 6.07) is 10.0. The lowest BCUT2D eigenvalue weighted by Gasteiger charge is -2.18. The summed E-state index contributed by atoms with van der Waals surface area (Å²) < 4.78 is 4.98. The molecule has 2 N–H and O–H groups in total. The van der Waals surface area contributed by atoms with Gasteiger partial charge in [-0.15, -0.1) is 0 Å². The lowest BCUT2D eigenvalue weighted by molar-refractivity contribution is -0.385. The van der Waals surface area contributed by atoms with Gasteiger partial charge in [-0.25, -0.2) is 5.43 Å². The van der Waals surface area contributed by atoms with Crippen molar-refractivity contribution in [1.29, 1.82) is 0 Å². The lowest BCUT2D eigenvalue weighted by Crippen LogP contribution is -2.17. The fourth-order valence-corrected chi connectivity index (χ4v) is 3.89.